The standard InChI is InChI=1S/C18H22N4O2S/c1-21-14-11-22(18(24)15-6-3-9-25-15)8-7-13(14)20-16(21)10-19-17(23)12-4-2-5-12/h3,6,9,12H,2,4-5,7-8,10-11H2,1H3,(H,19,23). The molecule has 1 N–H and O–H groups in total. The number of nitrogens with one attached hydrogen (secondary N) is 1. The zero-order chi connectivity index (χ0) is 17.4. The van der Waals surface area contributed by atoms with Crippen molar-refractivity contribution < 1.29 is 9.59 Å². The largest absolute Gasteiger partial charge is 0.349 e. The molecule has 1 saturated carbocycles. The summed E-state index contributed by atoms with van der Waals surface area (Å²) in [5.74, 6) is 1.28. The molecule has 6 nitrogen and oxygen atoms in total. The zero-order valence-corrected chi connectivity index (χ0v) is 15.1. The van der Waals surface area contributed by atoms with E-state index < -0.39 is 0 Å². The van der Waals surface area contributed by atoms with Crippen molar-refractivity contribution in [1.29, 1.82) is 0 Å². The molecule has 0 radical (unpaired) electrons. The van der Waals surface area contributed by atoms with Crippen LogP contribution in [0.1, 0.15) is 46.1 Å². The molecular weight excluding hydrogens is 336 g/mol. The lowest BCUT2D eigenvalue weighted by molar-refractivity contribution is -0.127. The van der Waals surface area contributed by atoms with E-state index in [1.165, 1.54) is 11.3 Å². The van der Waals surface area contributed by atoms with Gasteiger partial charge < -0.3 is 14.8 Å². The summed E-state index contributed by atoms with van der Waals surface area (Å²) in [6.07, 6.45) is 3.92. The average Bonchev–Trinajstić information content (AvgIpc) is 3.19. The molecule has 1 fully saturated rings. The quantitative estimate of drug-likeness (QED) is 0.910. The van der Waals surface area contributed by atoms with Gasteiger partial charge in [0, 0.05) is 25.9 Å². The Labute approximate surface area is 150 Å². The molecule has 2 aliphatic rings. The monoisotopic (exact) mass is 358 g/mol. The molecule has 3 heterocycles. The van der Waals surface area contributed by atoms with Crippen LogP contribution in [0, 0.1) is 5.92 Å². The number of thiophene rings is 1. The van der Waals surface area contributed by atoms with E-state index in [4.69, 9.17) is 4.98 Å². The van der Waals surface area contributed by atoms with Gasteiger partial charge in [-0.2, -0.15) is 0 Å². The fourth-order valence-corrected chi connectivity index (χ4v) is 4.10. The molecule has 0 bridgehead atoms. The number of hydrogen-bond acceptors (Lipinski definition) is 4. The van der Waals surface area contributed by atoms with Crippen LogP contribution in [0.3, 0.4) is 0 Å². The second kappa shape index (κ2) is 6.63. The molecule has 7 heteroatoms. The summed E-state index contributed by atoms with van der Waals surface area (Å²) in [4.78, 5) is 31.9. The van der Waals surface area contributed by atoms with Crippen LogP contribution < -0.4 is 5.32 Å². The summed E-state index contributed by atoms with van der Waals surface area (Å²) in [7, 11) is 1.97. The van der Waals surface area contributed by atoms with E-state index in [1.807, 2.05) is 34.0 Å². The van der Waals surface area contributed by atoms with Gasteiger partial charge in [0.2, 0.25) is 5.91 Å². The van der Waals surface area contributed by atoms with Gasteiger partial charge in [-0.25, -0.2) is 4.98 Å². The lowest BCUT2D eigenvalue weighted by atomic mass is 9.85. The summed E-state index contributed by atoms with van der Waals surface area (Å²) < 4.78 is 2.03. The van der Waals surface area contributed by atoms with Crippen molar-refractivity contribution in [3.63, 3.8) is 0 Å². The zero-order valence-electron chi connectivity index (χ0n) is 14.3. The second-order valence-electron chi connectivity index (χ2n) is 6.78. The summed E-state index contributed by atoms with van der Waals surface area (Å²) in [6.45, 7) is 1.72. The summed E-state index contributed by atoms with van der Waals surface area (Å²) in [6, 6.07) is 3.77. The number of hydrogen-bond donors (Lipinski definition) is 1. The minimum atomic E-state index is 0.0849. The highest BCUT2D eigenvalue weighted by Gasteiger charge is 2.28. The van der Waals surface area contributed by atoms with Crippen molar-refractivity contribution >= 4 is 23.2 Å². The highest BCUT2D eigenvalue weighted by molar-refractivity contribution is 7.12. The average molecular weight is 358 g/mol. The van der Waals surface area contributed by atoms with Crippen molar-refractivity contribution in [3.8, 4) is 0 Å². The predicted octanol–water partition coefficient (Wildman–Crippen LogP) is 2.10. The van der Waals surface area contributed by atoms with Crippen molar-refractivity contribution in [2.45, 2.75) is 38.8 Å². The van der Waals surface area contributed by atoms with Crippen LogP contribution >= 0.6 is 11.3 Å². The minimum absolute atomic E-state index is 0.0849. The Bertz CT molecular complexity index is 792. The molecule has 4 rings (SSSR count). The Hall–Kier alpha value is -2.15. The molecule has 2 aromatic heterocycles. The van der Waals surface area contributed by atoms with Gasteiger partial charge in [0.25, 0.3) is 5.91 Å². The van der Waals surface area contributed by atoms with Crippen LogP contribution in [0.15, 0.2) is 17.5 Å². The first-order chi connectivity index (χ1) is 12.1. The van der Waals surface area contributed by atoms with E-state index in [1.54, 1.807) is 0 Å². The van der Waals surface area contributed by atoms with Crippen molar-refractivity contribution in [3.05, 3.63) is 39.6 Å². The van der Waals surface area contributed by atoms with E-state index in [0.29, 0.717) is 19.6 Å². The van der Waals surface area contributed by atoms with E-state index in [9.17, 15) is 9.59 Å². The van der Waals surface area contributed by atoms with Gasteiger partial charge in [0.15, 0.2) is 0 Å². The van der Waals surface area contributed by atoms with Gasteiger partial charge >= 0.3 is 0 Å². The van der Waals surface area contributed by atoms with Crippen LogP contribution in [0.2, 0.25) is 0 Å². The third-order valence-electron chi connectivity index (χ3n) is 5.26. The van der Waals surface area contributed by atoms with Gasteiger partial charge in [0.05, 0.1) is 29.4 Å². The van der Waals surface area contributed by atoms with E-state index in [2.05, 4.69) is 5.32 Å². The second-order valence-corrected chi connectivity index (χ2v) is 7.73. The van der Waals surface area contributed by atoms with Crippen molar-refractivity contribution in [2.75, 3.05) is 6.54 Å². The maximum absolute atomic E-state index is 12.6. The first-order valence-electron chi connectivity index (χ1n) is 8.77. The maximum atomic E-state index is 12.6. The summed E-state index contributed by atoms with van der Waals surface area (Å²) in [5, 5.41) is 4.93. The number of fused-ring (bicyclic) bond motifs is 1. The normalized spacial score (nSPS) is 17.1. The number of carbonyl (C=O) groups is 2. The molecule has 2 aromatic rings. The fourth-order valence-electron chi connectivity index (χ4n) is 3.41. The molecule has 1 aliphatic carbocycles. The lowest BCUT2D eigenvalue weighted by Crippen LogP contribution is -2.36. The summed E-state index contributed by atoms with van der Waals surface area (Å²) in [5.41, 5.74) is 2.12. The number of rotatable bonds is 4. The first-order valence-corrected chi connectivity index (χ1v) is 9.65. The third-order valence-corrected chi connectivity index (χ3v) is 6.12. The van der Waals surface area contributed by atoms with E-state index >= 15 is 0 Å². The number of amides is 2. The maximum Gasteiger partial charge on any atom is 0.264 e. The highest BCUT2D eigenvalue weighted by atomic mass is 32.1. The van der Waals surface area contributed by atoms with Gasteiger partial charge in [0.1, 0.15) is 5.82 Å². The molecule has 2 amide bonds. The molecule has 25 heavy (non-hydrogen) atoms. The van der Waals surface area contributed by atoms with Gasteiger partial charge in [-0.05, 0) is 24.3 Å². The van der Waals surface area contributed by atoms with Gasteiger partial charge in [-0.1, -0.05) is 12.5 Å². The van der Waals surface area contributed by atoms with Crippen LogP contribution in [0.4, 0.5) is 0 Å². The van der Waals surface area contributed by atoms with Crippen LogP contribution in [0.5, 0.6) is 0 Å². The molecule has 1 aliphatic heterocycles. The predicted molar refractivity (Wildman–Crippen MR) is 95.2 cm³/mol. The number of nitrogens with zero attached hydrogens (tertiary/aromatic N) is 3. The van der Waals surface area contributed by atoms with E-state index in [-0.39, 0.29) is 17.7 Å². The van der Waals surface area contributed by atoms with Crippen LogP contribution in [-0.4, -0.2) is 32.8 Å². The van der Waals surface area contributed by atoms with Crippen LogP contribution in [-0.2, 0) is 31.4 Å². The Morgan fingerprint density at radius 1 is 1.40 bits per heavy atom. The lowest BCUT2D eigenvalue weighted by Gasteiger charge is -2.26. The number of imidazole rings is 1. The third kappa shape index (κ3) is 3.08. The smallest absolute Gasteiger partial charge is 0.264 e. The SMILES string of the molecule is Cn1c(CNC(=O)C2CCC2)nc2c1CN(C(=O)c1cccs1)CC2. The van der Waals surface area contributed by atoms with Gasteiger partial charge in [-0.15, -0.1) is 11.3 Å². The van der Waals surface area contributed by atoms with Crippen molar-refractivity contribution in [2.24, 2.45) is 13.0 Å². The molecule has 0 saturated heterocycles. The Kier molecular flexibility index (Phi) is 4.33. The molecule has 0 unspecified atom stereocenters. The highest BCUT2D eigenvalue weighted by Crippen LogP contribution is 2.26. The van der Waals surface area contributed by atoms with Crippen LogP contribution in [0.25, 0.3) is 0 Å². The molecule has 0 spiro atoms. The molecule has 132 valence electrons. The molecular formula is C18H22N4O2S. The molecule has 0 atom stereocenters. The van der Waals surface area contributed by atoms with Crippen molar-refractivity contribution in [1.82, 2.24) is 19.8 Å². The minimum Gasteiger partial charge on any atom is -0.349 e. The fraction of sp³-hybridized carbons (Fsp3) is 0.500. The Balaban J connectivity index is 1.44. The van der Waals surface area contributed by atoms with E-state index in [0.717, 1.165) is 47.8 Å². The topological polar surface area (TPSA) is 67.2 Å². The number of carbonyl (C=O) groups excluding carboxylic acids is 2. The van der Waals surface area contributed by atoms with Gasteiger partial charge in [-0.3, -0.25) is 9.59 Å². The summed E-state index contributed by atoms with van der Waals surface area (Å²) >= 11 is 1.48. The Morgan fingerprint density at radius 3 is 2.92 bits per heavy atom. The first kappa shape index (κ1) is 16.3. The molecule has 0 aromatic carbocycles. The Morgan fingerprint density at radius 2 is 2.24 bits per heavy atom. The number of aromatic nitrogens is 2.